The number of aromatic nitrogens is 1. The van der Waals surface area contributed by atoms with Gasteiger partial charge in [-0.1, -0.05) is 34.1 Å². The second-order valence-corrected chi connectivity index (χ2v) is 8.78. The normalized spacial score (nSPS) is 13.5. The third kappa shape index (κ3) is 5.47. The minimum Gasteiger partial charge on any atom is -0.496 e. The second-order valence-electron chi connectivity index (χ2n) is 7.86. The number of nitrogens with zero attached hydrogens (tertiary/aromatic N) is 3. The van der Waals surface area contributed by atoms with Crippen molar-refractivity contribution in [3.8, 4) is 5.75 Å². The van der Waals surface area contributed by atoms with Crippen LogP contribution in [0.5, 0.6) is 5.75 Å². The van der Waals surface area contributed by atoms with Crippen molar-refractivity contribution in [3.05, 3.63) is 93.5 Å². The summed E-state index contributed by atoms with van der Waals surface area (Å²) in [5.41, 5.74) is 3.05. The number of amides is 1. The van der Waals surface area contributed by atoms with Crippen molar-refractivity contribution in [3.63, 3.8) is 0 Å². The summed E-state index contributed by atoms with van der Waals surface area (Å²) in [5, 5.41) is 0. The summed E-state index contributed by atoms with van der Waals surface area (Å²) in [6, 6.07) is 14.5. The second kappa shape index (κ2) is 10.7. The van der Waals surface area contributed by atoms with E-state index in [4.69, 9.17) is 4.74 Å². The Bertz CT molecular complexity index is 1170. The van der Waals surface area contributed by atoms with Gasteiger partial charge in [0, 0.05) is 35.5 Å². The first-order chi connectivity index (χ1) is 16.1. The van der Waals surface area contributed by atoms with Crippen LogP contribution in [0.15, 0.2) is 70.4 Å². The molecule has 0 unspecified atom stereocenters. The molecule has 4 rings (SSSR count). The molecule has 0 saturated heterocycles. The van der Waals surface area contributed by atoms with E-state index in [2.05, 4.69) is 25.9 Å². The molecule has 1 aliphatic heterocycles. The van der Waals surface area contributed by atoms with Crippen molar-refractivity contribution < 1.29 is 13.9 Å². The number of rotatable bonds is 7. The zero-order chi connectivity index (χ0) is 23.2. The lowest BCUT2D eigenvalue weighted by atomic mass is 9.97. The maximum absolute atomic E-state index is 15.0. The molecule has 1 aliphatic rings. The molecule has 1 amide bonds. The molecule has 0 bridgehead atoms. The molecule has 170 valence electrons. The molecule has 33 heavy (non-hydrogen) atoms. The van der Waals surface area contributed by atoms with Gasteiger partial charge in [0.15, 0.2) is 0 Å². The first-order valence-electron chi connectivity index (χ1n) is 10.9. The van der Waals surface area contributed by atoms with Crippen LogP contribution in [0.1, 0.15) is 28.7 Å². The number of ether oxygens (including phenoxy) is 1. The molecule has 0 saturated carbocycles. The SMILES string of the molecule is COc1ccc(Br)cc1CCc1c(F)cccc1C1=NCCCN1C(=O)Cc1cccnc1. The van der Waals surface area contributed by atoms with Crippen LogP contribution in [0.3, 0.4) is 0 Å². The van der Waals surface area contributed by atoms with Crippen molar-refractivity contribution in [1.29, 1.82) is 0 Å². The van der Waals surface area contributed by atoms with Gasteiger partial charge in [0.2, 0.25) is 5.91 Å². The average Bonchev–Trinajstić information content (AvgIpc) is 2.84. The topological polar surface area (TPSA) is 54.8 Å². The number of hydrogen-bond donors (Lipinski definition) is 0. The minimum atomic E-state index is -0.297. The van der Waals surface area contributed by atoms with Gasteiger partial charge in [-0.25, -0.2) is 4.39 Å². The van der Waals surface area contributed by atoms with Gasteiger partial charge in [-0.15, -0.1) is 0 Å². The fourth-order valence-electron chi connectivity index (χ4n) is 4.08. The first kappa shape index (κ1) is 23.1. The minimum absolute atomic E-state index is 0.0645. The number of methoxy groups -OCH3 is 1. The number of aryl methyl sites for hydroxylation is 1. The van der Waals surface area contributed by atoms with E-state index in [0.29, 0.717) is 42.9 Å². The van der Waals surface area contributed by atoms with Crippen molar-refractivity contribution in [2.75, 3.05) is 20.2 Å². The lowest BCUT2D eigenvalue weighted by Gasteiger charge is -2.29. The Morgan fingerprint density at radius 1 is 1.18 bits per heavy atom. The van der Waals surface area contributed by atoms with Crippen LogP contribution in [-0.2, 0) is 24.1 Å². The number of amidine groups is 1. The Hall–Kier alpha value is -3.06. The fraction of sp³-hybridized carbons (Fsp3) is 0.269. The highest BCUT2D eigenvalue weighted by Crippen LogP contribution is 2.27. The van der Waals surface area contributed by atoms with Crippen molar-refractivity contribution in [1.82, 2.24) is 9.88 Å². The van der Waals surface area contributed by atoms with E-state index in [1.807, 2.05) is 36.4 Å². The third-order valence-electron chi connectivity index (χ3n) is 5.68. The van der Waals surface area contributed by atoms with Crippen molar-refractivity contribution >= 4 is 27.7 Å². The average molecular weight is 510 g/mol. The summed E-state index contributed by atoms with van der Waals surface area (Å²) < 4.78 is 21.5. The Balaban J connectivity index is 1.61. The Morgan fingerprint density at radius 2 is 2.06 bits per heavy atom. The maximum atomic E-state index is 15.0. The van der Waals surface area contributed by atoms with Gasteiger partial charge >= 0.3 is 0 Å². The van der Waals surface area contributed by atoms with Crippen LogP contribution < -0.4 is 4.74 Å². The predicted octanol–water partition coefficient (Wildman–Crippen LogP) is 5.00. The number of hydrogen-bond acceptors (Lipinski definition) is 4. The summed E-state index contributed by atoms with van der Waals surface area (Å²) in [6.07, 6.45) is 5.43. The number of aliphatic imine (C=N–C) groups is 1. The van der Waals surface area contributed by atoms with E-state index in [0.717, 1.165) is 27.8 Å². The molecule has 5 nitrogen and oxygen atoms in total. The van der Waals surface area contributed by atoms with Gasteiger partial charge in [-0.3, -0.25) is 19.7 Å². The van der Waals surface area contributed by atoms with Crippen LogP contribution in [0.2, 0.25) is 0 Å². The summed E-state index contributed by atoms with van der Waals surface area (Å²) in [5.74, 6) is 0.949. The highest BCUT2D eigenvalue weighted by Gasteiger charge is 2.26. The van der Waals surface area contributed by atoms with Gasteiger partial charge < -0.3 is 4.74 Å². The summed E-state index contributed by atoms with van der Waals surface area (Å²) in [6.45, 7) is 1.18. The molecule has 0 fully saturated rings. The number of carbonyl (C=O) groups is 1. The summed E-state index contributed by atoms with van der Waals surface area (Å²) >= 11 is 3.50. The molecule has 0 N–H and O–H groups in total. The van der Waals surface area contributed by atoms with Crippen molar-refractivity contribution in [2.24, 2.45) is 4.99 Å². The molecule has 3 aromatic rings. The zero-order valence-electron chi connectivity index (χ0n) is 18.4. The van der Waals surface area contributed by atoms with E-state index in [1.165, 1.54) is 6.07 Å². The van der Waals surface area contributed by atoms with Gasteiger partial charge in [0.05, 0.1) is 13.5 Å². The molecule has 0 atom stereocenters. The quantitative estimate of drug-likeness (QED) is 0.450. The third-order valence-corrected chi connectivity index (χ3v) is 6.18. The zero-order valence-corrected chi connectivity index (χ0v) is 20.0. The van der Waals surface area contributed by atoms with E-state index >= 15 is 4.39 Å². The van der Waals surface area contributed by atoms with E-state index < -0.39 is 0 Å². The summed E-state index contributed by atoms with van der Waals surface area (Å²) in [7, 11) is 1.63. The molecule has 1 aromatic heterocycles. The Morgan fingerprint density at radius 3 is 2.85 bits per heavy atom. The smallest absolute Gasteiger partial charge is 0.232 e. The van der Waals surface area contributed by atoms with Gasteiger partial charge in [0.25, 0.3) is 0 Å². The van der Waals surface area contributed by atoms with Gasteiger partial charge in [-0.05, 0) is 66.3 Å². The van der Waals surface area contributed by atoms with Crippen LogP contribution in [0.4, 0.5) is 4.39 Å². The van der Waals surface area contributed by atoms with Gasteiger partial charge in [0.1, 0.15) is 17.4 Å². The maximum Gasteiger partial charge on any atom is 0.232 e. The standard InChI is InChI=1S/C26H25BrFN3O2/c1-33-24-11-9-20(27)16-19(24)8-10-21-22(6-2-7-23(21)28)26-30-13-4-14-31(26)25(32)15-18-5-3-12-29-17-18/h2-3,5-7,9,11-12,16-17H,4,8,10,13-15H2,1H3. The number of halogens is 2. The number of benzene rings is 2. The Labute approximate surface area is 201 Å². The van der Waals surface area contributed by atoms with Crippen LogP contribution in [0.25, 0.3) is 0 Å². The number of carbonyl (C=O) groups excluding carboxylic acids is 1. The number of pyridine rings is 1. The molecule has 0 aliphatic carbocycles. The molecule has 2 aromatic carbocycles. The highest BCUT2D eigenvalue weighted by molar-refractivity contribution is 9.10. The summed E-state index contributed by atoms with van der Waals surface area (Å²) in [4.78, 5) is 23.6. The van der Waals surface area contributed by atoms with Crippen LogP contribution in [-0.4, -0.2) is 41.8 Å². The fourth-order valence-corrected chi connectivity index (χ4v) is 4.48. The molecular formula is C26H25BrFN3O2. The van der Waals surface area contributed by atoms with Crippen LogP contribution in [0, 0.1) is 5.82 Å². The van der Waals surface area contributed by atoms with E-state index in [1.54, 1.807) is 30.5 Å². The lowest BCUT2D eigenvalue weighted by molar-refractivity contribution is -0.126. The molecule has 0 radical (unpaired) electrons. The van der Waals surface area contributed by atoms with E-state index in [9.17, 15) is 4.79 Å². The monoisotopic (exact) mass is 509 g/mol. The molecular weight excluding hydrogens is 485 g/mol. The highest BCUT2D eigenvalue weighted by atomic mass is 79.9. The molecule has 2 heterocycles. The predicted molar refractivity (Wildman–Crippen MR) is 130 cm³/mol. The van der Waals surface area contributed by atoms with E-state index in [-0.39, 0.29) is 18.1 Å². The molecule has 7 heteroatoms. The van der Waals surface area contributed by atoms with Crippen LogP contribution >= 0.6 is 15.9 Å². The lowest BCUT2D eigenvalue weighted by Crippen LogP contribution is -2.42. The molecule has 0 spiro atoms. The largest absolute Gasteiger partial charge is 0.496 e. The Kier molecular flexibility index (Phi) is 7.50. The first-order valence-corrected chi connectivity index (χ1v) is 11.7. The van der Waals surface area contributed by atoms with Gasteiger partial charge in [-0.2, -0.15) is 0 Å². The van der Waals surface area contributed by atoms with Crippen molar-refractivity contribution in [2.45, 2.75) is 25.7 Å².